The van der Waals surface area contributed by atoms with E-state index in [4.69, 9.17) is 4.74 Å². The van der Waals surface area contributed by atoms with Crippen molar-refractivity contribution in [2.45, 2.75) is 13.3 Å². The third kappa shape index (κ3) is 3.71. The van der Waals surface area contributed by atoms with Crippen LogP contribution in [-0.4, -0.2) is 27.9 Å². The molecule has 2 rings (SSSR count). The SMILES string of the molecule is Cc1nn(C)c(NCCCOc2ccccc2)c1[N+](=O)[O-]. The molecule has 0 aliphatic rings. The molecule has 0 aliphatic heterocycles. The van der Waals surface area contributed by atoms with Crippen molar-refractivity contribution in [3.05, 3.63) is 46.1 Å². The van der Waals surface area contributed by atoms with Gasteiger partial charge in [0, 0.05) is 13.6 Å². The lowest BCUT2D eigenvalue weighted by Gasteiger charge is -2.08. The highest BCUT2D eigenvalue weighted by Gasteiger charge is 2.23. The molecule has 0 bridgehead atoms. The summed E-state index contributed by atoms with van der Waals surface area (Å²) in [6, 6.07) is 9.54. The standard InChI is InChI=1S/C14H18N4O3/c1-11-13(18(19)20)14(17(2)16-11)15-9-6-10-21-12-7-4-3-5-8-12/h3-5,7-8,15H,6,9-10H2,1-2H3. The summed E-state index contributed by atoms with van der Waals surface area (Å²) in [5, 5.41) is 18.1. The van der Waals surface area contributed by atoms with Gasteiger partial charge in [-0.2, -0.15) is 5.10 Å². The van der Waals surface area contributed by atoms with Crippen LogP contribution in [0.5, 0.6) is 5.75 Å². The Labute approximate surface area is 122 Å². The number of para-hydroxylation sites is 1. The number of nitro groups is 1. The molecule has 7 heteroatoms. The van der Waals surface area contributed by atoms with E-state index in [2.05, 4.69) is 10.4 Å². The van der Waals surface area contributed by atoms with Crippen LogP contribution in [0.15, 0.2) is 30.3 Å². The van der Waals surface area contributed by atoms with Crippen LogP contribution < -0.4 is 10.1 Å². The van der Waals surface area contributed by atoms with E-state index in [9.17, 15) is 10.1 Å². The Morgan fingerprint density at radius 1 is 1.38 bits per heavy atom. The Bertz CT molecular complexity index is 610. The second-order valence-corrected chi connectivity index (χ2v) is 4.61. The number of ether oxygens (including phenoxy) is 1. The van der Waals surface area contributed by atoms with E-state index in [1.165, 1.54) is 4.68 Å². The van der Waals surface area contributed by atoms with Gasteiger partial charge in [0.05, 0.1) is 11.5 Å². The van der Waals surface area contributed by atoms with Crippen molar-refractivity contribution in [1.82, 2.24) is 9.78 Å². The van der Waals surface area contributed by atoms with Gasteiger partial charge in [0.1, 0.15) is 11.4 Å². The first-order chi connectivity index (χ1) is 10.1. The molecule has 0 fully saturated rings. The molecular formula is C14H18N4O3. The topological polar surface area (TPSA) is 82.2 Å². The van der Waals surface area contributed by atoms with Gasteiger partial charge in [-0.25, -0.2) is 4.68 Å². The van der Waals surface area contributed by atoms with Gasteiger partial charge >= 0.3 is 5.69 Å². The summed E-state index contributed by atoms with van der Waals surface area (Å²) in [6.45, 7) is 2.75. The molecule has 1 heterocycles. The van der Waals surface area contributed by atoms with Crippen LogP contribution in [0.1, 0.15) is 12.1 Å². The van der Waals surface area contributed by atoms with Gasteiger partial charge in [0.25, 0.3) is 0 Å². The zero-order valence-electron chi connectivity index (χ0n) is 12.1. The number of hydrogen-bond acceptors (Lipinski definition) is 5. The maximum absolute atomic E-state index is 11.0. The van der Waals surface area contributed by atoms with E-state index >= 15 is 0 Å². The van der Waals surface area contributed by atoms with Gasteiger partial charge in [-0.3, -0.25) is 10.1 Å². The predicted molar refractivity (Wildman–Crippen MR) is 79.6 cm³/mol. The van der Waals surface area contributed by atoms with Gasteiger partial charge in [0.15, 0.2) is 0 Å². The van der Waals surface area contributed by atoms with Gasteiger partial charge in [0.2, 0.25) is 5.82 Å². The van der Waals surface area contributed by atoms with Crippen molar-refractivity contribution in [2.75, 3.05) is 18.5 Å². The van der Waals surface area contributed by atoms with E-state index in [0.717, 1.165) is 12.2 Å². The molecule has 0 amide bonds. The average Bonchev–Trinajstić information content (AvgIpc) is 2.74. The number of hydrogen-bond donors (Lipinski definition) is 1. The summed E-state index contributed by atoms with van der Waals surface area (Å²) in [4.78, 5) is 10.6. The Hall–Kier alpha value is -2.57. The first-order valence-corrected chi connectivity index (χ1v) is 6.69. The smallest absolute Gasteiger partial charge is 0.333 e. The lowest BCUT2D eigenvalue weighted by Crippen LogP contribution is -2.11. The molecule has 21 heavy (non-hydrogen) atoms. The minimum Gasteiger partial charge on any atom is -0.494 e. The minimum atomic E-state index is -0.412. The second-order valence-electron chi connectivity index (χ2n) is 4.61. The Morgan fingerprint density at radius 2 is 2.10 bits per heavy atom. The van der Waals surface area contributed by atoms with Gasteiger partial charge in [-0.05, 0) is 25.5 Å². The third-order valence-corrected chi connectivity index (χ3v) is 3.00. The normalized spacial score (nSPS) is 10.4. The molecule has 1 aromatic heterocycles. The molecular weight excluding hydrogens is 272 g/mol. The molecule has 0 atom stereocenters. The molecule has 0 spiro atoms. The number of aryl methyl sites for hydroxylation is 2. The maximum atomic E-state index is 11.0. The van der Waals surface area contributed by atoms with Crippen LogP contribution in [0, 0.1) is 17.0 Å². The number of rotatable bonds is 7. The van der Waals surface area contributed by atoms with Crippen LogP contribution in [-0.2, 0) is 7.05 Å². The van der Waals surface area contributed by atoms with Crippen molar-refractivity contribution >= 4 is 11.5 Å². The first-order valence-electron chi connectivity index (χ1n) is 6.69. The summed E-state index contributed by atoms with van der Waals surface area (Å²) in [6.07, 6.45) is 0.732. The number of aromatic nitrogens is 2. The quantitative estimate of drug-likeness (QED) is 0.481. The van der Waals surface area contributed by atoms with Gasteiger partial charge in [-0.1, -0.05) is 18.2 Å². The van der Waals surface area contributed by atoms with Crippen LogP contribution in [0.4, 0.5) is 11.5 Å². The number of nitrogens with one attached hydrogen (secondary N) is 1. The fourth-order valence-corrected chi connectivity index (χ4v) is 2.05. The summed E-state index contributed by atoms with van der Waals surface area (Å²) in [5.74, 6) is 1.25. The number of benzene rings is 1. The van der Waals surface area contributed by atoms with Crippen molar-refractivity contribution in [3.63, 3.8) is 0 Å². The van der Waals surface area contributed by atoms with Crippen LogP contribution in [0.2, 0.25) is 0 Å². The number of nitrogens with zero attached hydrogens (tertiary/aromatic N) is 3. The highest BCUT2D eigenvalue weighted by atomic mass is 16.6. The van der Waals surface area contributed by atoms with Crippen molar-refractivity contribution in [3.8, 4) is 5.75 Å². The molecule has 2 aromatic rings. The third-order valence-electron chi connectivity index (χ3n) is 3.00. The lowest BCUT2D eigenvalue weighted by molar-refractivity contribution is -0.384. The van der Waals surface area contributed by atoms with Crippen molar-refractivity contribution in [1.29, 1.82) is 0 Å². The summed E-state index contributed by atoms with van der Waals surface area (Å²) >= 11 is 0. The second kappa shape index (κ2) is 6.74. The van der Waals surface area contributed by atoms with Crippen LogP contribution in [0.25, 0.3) is 0 Å². The number of anilines is 1. The van der Waals surface area contributed by atoms with Crippen LogP contribution >= 0.6 is 0 Å². The zero-order chi connectivity index (χ0) is 15.2. The molecule has 0 aliphatic carbocycles. The fourth-order valence-electron chi connectivity index (χ4n) is 2.05. The predicted octanol–water partition coefficient (Wildman–Crippen LogP) is 2.52. The van der Waals surface area contributed by atoms with Gasteiger partial charge in [-0.15, -0.1) is 0 Å². The van der Waals surface area contributed by atoms with Crippen molar-refractivity contribution < 1.29 is 9.66 Å². The molecule has 0 radical (unpaired) electrons. The average molecular weight is 290 g/mol. The Morgan fingerprint density at radius 3 is 2.76 bits per heavy atom. The van der Waals surface area contributed by atoms with Gasteiger partial charge < -0.3 is 10.1 Å². The molecule has 1 N–H and O–H groups in total. The van der Waals surface area contributed by atoms with E-state index in [1.807, 2.05) is 30.3 Å². The molecule has 0 saturated carbocycles. The van der Waals surface area contributed by atoms with E-state index in [-0.39, 0.29) is 5.69 Å². The minimum absolute atomic E-state index is 0.0291. The molecule has 7 nitrogen and oxygen atoms in total. The zero-order valence-corrected chi connectivity index (χ0v) is 12.1. The first kappa shape index (κ1) is 14.8. The highest BCUT2D eigenvalue weighted by Crippen LogP contribution is 2.26. The lowest BCUT2D eigenvalue weighted by atomic mass is 10.3. The highest BCUT2D eigenvalue weighted by molar-refractivity contribution is 5.59. The molecule has 112 valence electrons. The summed E-state index contributed by atoms with van der Waals surface area (Å²) < 4.78 is 7.05. The Kier molecular flexibility index (Phi) is 4.76. The Balaban J connectivity index is 1.83. The largest absolute Gasteiger partial charge is 0.494 e. The fraction of sp³-hybridized carbons (Fsp3) is 0.357. The monoisotopic (exact) mass is 290 g/mol. The van der Waals surface area contributed by atoms with E-state index in [0.29, 0.717) is 24.7 Å². The summed E-state index contributed by atoms with van der Waals surface area (Å²) in [5.41, 5.74) is 0.437. The maximum Gasteiger partial charge on any atom is 0.333 e. The van der Waals surface area contributed by atoms with E-state index in [1.54, 1.807) is 14.0 Å². The van der Waals surface area contributed by atoms with Crippen molar-refractivity contribution in [2.24, 2.45) is 7.05 Å². The van der Waals surface area contributed by atoms with E-state index < -0.39 is 4.92 Å². The molecule has 0 unspecified atom stereocenters. The molecule has 1 aromatic carbocycles. The summed E-state index contributed by atoms with van der Waals surface area (Å²) in [7, 11) is 1.68. The molecule has 0 saturated heterocycles. The van der Waals surface area contributed by atoms with Crippen LogP contribution in [0.3, 0.4) is 0 Å².